The molecule has 2 heterocycles. The Bertz CT molecular complexity index is 714. The van der Waals surface area contributed by atoms with E-state index >= 15 is 0 Å². The Kier molecular flexibility index (Phi) is 7.50. The smallest absolute Gasteiger partial charge is 0.274 e. The highest BCUT2D eigenvalue weighted by Crippen LogP contribution is 2.31. The van der Waals surface area contributed by atoms with Crippen LogP contribution in [0, 0.1) is 0 Å². The van der Waals surface area contributed by atoms with E-state index in [0.29, 0.717) is 15.7 Å². The molecule has 8 heteroatoms. The monoisotopic (exact) mass is 398 g/mol. The molecule has 0 saturated carbocycles. The van der Waals surface area contributed by atoms with Gasteiger partial charge in [0.1, 0.15) is 5.03 Å². The summed E-state index contributed by atoms with van der Waals surface area (Å²) in [7, 11) is 1.90. The molecule has 3 rings (SSSR count). The lowest BCUT2D eigenvalue weighted by molar-refractivity contribution is 0.0729. The Morgan fingerprint density at radius 2 is 2.12 bits per heavy atom. The van der Waals surface area contributed by atoms with E-state index in [1.807, 2.05) is 42.3 Å². The van der Waals surface area contributed by atoms with Gasteiger partial charge in [0, 0.05) is 24.0 Å². The summed E-state index contributed by atoms with van der Waals surface area (Å²) in [4.78, 5) is 15.4. The van der Waals surface area contributed by atoms with Gasteiger partial charge in [-0.1, -0.05) is 35.5 Å². The topological polar surface area (TPSA) is 58.1 Å². The molecule has 134 valence electrons. The summed E-state index contributed by atoms with van der Waals surface area (Å²) in [6.07, 6.45) is 2.06. The van der Waals surface area contributed by atoms with Crippen molar-refractivity contribution >= 4 is 41.7 Å². The van der Waals surface area contributed by atoms with Crippen molar-refractivity contribution in [3.8, 4) is 0 Å². The Labute approximate surface area is 162 Å². The van der Waals surface area contributed by atoms with Crippen LogP contribution in [-0.2, 0) is 0 Å². The normalized spacial score (nSPS) is 16.6. The fourth-order valence-corrected chi connectivity index (χ4v) is 3.83. The van der Waals surface area contributed by atoms with Crippen LogP contribution in [0.25, 0.3) is 0 Å². The second-order valence-corrected chi connectivity index (χ2v) is 7.11. The first-order valence-corrected chi connectivity index (χ1v) is 9.10. The highest BCUT2D eigenvalue weighted by atomic mass is 35.5. The summed E-state index contributed by atoms with van der Waals surface area (Å²) in [5.41, 5.74) is 0.390. The van der Waals surface area contributed by atoms with Gasteiger partial charge in [0.2, 0.25) is 0 Å². The van der Waals surface area contributed by atoms with Crippen LogP contribution >= 0.6 is 35.8 Å². The highest BCUT2D eigenvalue weighted by molar-refractivity contribution is 7.99. The molecule has 1 N–H and O–H groups in total. The van der Waals surface area contributed by atoms with Crippen LogP contribution in [0.1, 0.15) is 23.3 Å². The molecule has 2 aromatic rings. The molecule has 1 aliphatic rings. The maximum atomic E-state index is 12.6. The van der Waals surface area contributed by atoms with Gasteiger partial charge in [-0.2, -0.15) is 0 Å². The maximum absolute atomic E-state index is 12.6. The van der Waals surface area contributed by atoms with E-state index in [4.69, 9.17) is 11.6 Å². The lowest BCUT2D eigenvalue weighted by Crippen LogP contribution is -2.41. The van der Waals surface area contributed by atoms with Gasteiger partial charge in [0.15, 0.2) is 5.69 Å². The van der Waals surface area contributed by atoms with Gasteiger partial charge in [0.05, 0.1) is 5.02 Å². The molecule has 1 fully saturated rings. The summed E-state index contributed by atoms with van der Waals surface area (Å²) < 4.78 is 0. The number of carbonyl (C=O) groups is 1. The van der Waals surface area contributed by atoms with Crippen LogP contribution in [0.2, 0.25) is 5.02 Å². The molecule has 1 aromatic carbocycles. The average molecular weight is 399 g/mol. The molecule has 0 aliphatic carbocycles. The second-order valence-electron chi connectivity index (χ2n) is 5.64. The van der Waals surface area contributed by atoms with Crippen molar-refractivity contribution in [1.82, 2.24) is 20.4 Å². The largest absolute Gasteiger partial charge is 0.333 e. The van der Waals surface area contributed by atoms with Crippen LogP contribution in [0.5, 0.6) is 0 Å². The zero-order chi connectivity index (χ0) is 16.9. The minimum absolute atomic E-state index is 0. The molecule has 0 radical (unpaired) electrons. The van der Waals surface area contributed by atoms with Crippen molar-refractivity contribution in [2.75, 3.05) is 20.1 Å². The van der Waals surface area contributed by atoms with Crippen molar-refractivity contribution in [1.29, 1.82) is 0 Å². The molecular formula is C17H20Cl2N4OS. The number of rotatable bonds is 5. The lowest BCUT2D eigenvalue weighted by Gasteiger charge is -2.23. The number of nitrogens with one attached hydrogen (secondary N) is 1. The van der Waals surface area contributed by atoms with Gasteiger partial charge in [-0.05, 0) is 44.2 Å². The minimum atomic E-state index is -0.0467. The average Bonchev–Trinajstić information content (AvgIpc) is 3.06. The second kappa shape index (κ2) is 9.38. The van der Waals surface area contributed by atoms with E-state index < -0.39 is 0 Å². The fraction of sp³-hybridized carbons (Fsp3) is 0.353. The first-order valence-electron chi connectivity index (χ1n) is 7.90. The van der Waals surface area contributed by atoms with Crippen molar-refractivity contribution < 1.29 is 4.79 Å². The molecule has 1 amide bonds. The Balaban J connectivity index is 0.00000225. The lowest BCUT2D eigenvalue weighted by atomic mass is 10.2. The quantitative estimate of drug-likeness (QED) is 0.834. The summed E-state index contributed by atoms with van der Waals surface area (Å²) in [6, 6.07) is 11.4. The first kappa shape index (κ1) is 20.0. The van der Waals surface area contributed by atoms with E-state index in [1.165, 1.54) is 11.8 Å². The number of benzene rings is 1. The predicted molar refractivity (Wildman–Crippen MR) is 103 cm³/mol. The summed E-state index contributed by atoms with van der Waals surface area (Å²) in [5, 5.41) is 12.8. The third-order valence-electron chi connectivity index (χ3n) is 3.99. The molecule has 1 aromatic heterocycles. The molecule has 5 nitrogen and oxygen atoms in total. The summed E-state index contributed by atoms with van der Waals surface area (Å²) >= 11 is 7.59. The highest BCUT2D eigenvalue weighted by Gasteiger charge is 2.29. The number of nitrogens with zero attached hydrogens (tertiary/aromatic N) is 3. The molecule has 0 spiro atoms. The number of carbonyl (C=O) groups excluding carboxylic acids is 1. The predicted octanol–water partition coefficient (Wildman–Crippen LogP) is 3.53. The van der Waals surface area contributed by atoms with E-state index in [2.05, 4.69) is 15.5 Å². The van der Waals surface area contributed by atoms with E-state index in [1.54, 1.807) is 6.07 Å². The van der Waals surface area contributed by atoms with Crippen molar-refractivity contribution in [2.24, 2.45) is 0 Å². The Morgan fingerprint density at radius 3 is 2.80 bits per heavy atom. The van der Waals surface area contributed by atoms with Gasteiger partial charge < -0.3 is 10.2 Å². The number of aromatic nitrogens is 2. The third kappa shape index (κ3) is 4.85. The van der Waals surface area contributed by atoms with E-state index in [9.17, 15) is 4.79 Å². The summed E-state index contributed by atoms with van der Waals surface area (Å²) in [6.45, 7) is 1.59. The van der Waals surface area contributed by atoms with Crippen molar-refractivity contribution in [3.05, 3.63) is 47.1 Å². The number of halogens is 2. The van der Waals surface area contributed by atoms with Crippen LogP contribution in [0.15, 0.2) is 46.3 Å². The van der Waals surface area contributed by atoms with Gasteiger partial charge in [-0.25, -0.2) is 0 Å². The standard InChI is InChI=1S/C17H19ClN4OS.ClH/c1-19-11-12-5-4-10-22(12)17(23)14-8-9-16(21-20-14)24-15-7-3-2-6-13(15)18;/h2-3,6-9,12,19H,4-5,10-11H2,1H3;1H. The molecular weight excluding hydrogens is 379 g/mol. The summed E-state index contributed by atoms with van der Waals surface area (Å²) in [5.74, 6) is -0.0467. The number of likely N-dealkylation sites (N-methyl/N-ethyl adjacent to an activating group) is 1. The zero-order valence-electron chi connectivity index (χ0n) is 13.8. The number of amides is 1. The SMILES string of the molecule is CNCC1CCCN1C(=O)c1ccc(Sc2ccccc2Cl)nn1.Cl. The van der Waals surface area contributed by atoms with Gasteiger partial charge in [0.25, 0.3) is 5.91 Å². The third-order valence-corrected chi connectivity index (χ3v) is 5.43. The van der Waals surface area contributed by atoms with Crippen LogP contribution in [0.4, 0.5) is 0 Å². The minimum Gasteiger partial charge on any atom is -0.333 e. The van der Waals surface area contributed by atoms with Crippen molar-refractivity contribution in [2.45, 2.75) is 28.8 Å². The molecule has 1 aliphatic heterocycles. The molecule has 1 unspecified atom stereocenters. The van der Waals surface area contributed by atoms with Gasteiger partial charge in [-0.15, -0.1) is 22.6 Å². The fourth-order valence-electron chi connectivity index (χ4n) is 2.83. The van der Waals surface area contributed by atoms with Crippen molar-refractivity contribution in [3.63, 3.8) is 0 Å². The van der Waals surface area contributed by atoms with Gasteiger partial charge in [-0.3, -0.25) is 4.79 Å². The van der Waals surface area contributed by atoms with E-state index in [-0.39, 0.29) is 24.4 Å². The first-order chi connectivity index (χ1) is 11.7. The number of likely N-dealkylation sites (tertiary alicyclic amines) is 1. The van der Waals surface area contributed by atoms with Crippen LogP contribution in [-0.4, -0.2) is 47.2 Å². The molecule has 25 heavy (non-hydrogen) atoms. The molecule has 1 saturated heterocycles. The Morgan fingerprint density at radius 1 is 1.32 bits per heavy atom. The van der Waals surface area contributed by atoms with Gasteiger partial charge >= 0.3 is 0 Å². The van der Waals surface area contributed by atoms with Crippen LogP contribution in [0.3, 0.4) is 0 Å². The van der Waals surface area contributed by atoms with E-state index in [0.717, 1.165) is 30.8 Å². The number of hydrogen-bond donors (Lipinski definition) is 1. The van der Waals surface area contributed by atoms with Crippen LogP contribution < -0.4 is 5.32 Å². The Hall–Kier alpha value is -1.34. The number of hydrogen-bond acceptors (Lipinski definition) is 5. The zero-order valence-corrected chi connectivity index (χ0v) is 16.2. The molecule has 0 bridgehead atoms. The maximum Gasteiger partial charge on any atom is 0.274 e. The molecule has 1 atom stereocenters.